The number of furan rings is 1. The molecule has 0 atom stereocenters. The van der Waals surface area contributed by atoms with Gasteiger partial charge in [-0.3, -0.25) is 0 Å². The number of hydrogen-bond acceptors (Lipinski definition) is 6. The van der Waals surface area contributed by atoms with Gasteiger partial charge in [0.25, 0.3) is 0 Å². The van der Waals surface area contributed by atoms with Gasteiger partial charge in [0.2, 0.25) is 0 Å². The van der Waals surface area contributed by atoms with Crippen LogP contribution in [0.2, 0.25) is 0 Å². The van der Waals surface area contributed by atoms with Crippen LogP contribution in [0.1, 0.15) is 12.0 Å². The van der Waals surface area contributed by atoms with Crippen molar-refractivity contribution in [1.29, 1.82) is 0 Å². The van der Waals surface area contributed by atoms with E-state index < -0.39 is 0 Å². The lowest BCUT2D eigenvalue weighted by atomic mass is 10.1. The van der Waals surface area contributed by atoms with Crippen LogP contribution in [0.5, 0.6) is 28.7 Å². The van der Waals surface area contributed by atoms with Crippen molar-refractivity contribution in [3.63, 3.8) is 0 Å². The van der Waals surface area contributed by atoms with E-state index in [4.69, 9.17) is 28.1 Å². The number of rotatable bonds is 8. The van der Waals surface area contributed by atoms with E-state index in [9.17, 15) is 0 Å². The Balaban J connectivity index is 1.39. The standard InChI is InChI=1S/C22H22O6/c1-23-15-11-16(24-2)13-17(12-15)25-8-4-9-28-22-18-5-3-7-26-20(18)14-21-19(22)6-10-27-21/h3,5-6,10-14H,4,7-9H2,1-2H3. The molecule has 0 aliphatic carbocycles. The minimum atomic E-state index is 0.506. The van der Waals surface area contributed by atoms with E-state index in [2.05, 4.69) is 0 Å². The zero-order valence-corrected chi connectivity index (χ0v) is 15.9. The van der Waals surface area contributed by atoms with Crippen molar-refractivity contribution in [3.8, 4) is 28.7 Å². The van der Waals surface area contributed by atoms with E-state index in [0.29, 0.717) is 43.5 Å². The maximum Gasteiger partial charge on any atom is 0.141 e. The van der Waals surface area contributed by atoms with Crippen LogP contribution < -0.4 is 23.7 Å². The molecule has 28 heavy (non-hydrogen) atoms. The smallest absolute Gasteiger partial charge is 0.141 e. The number of benzene rings is 2. The summed E-state index contributed by atoms with van der Waals surface area (Å²) >= 11 is 0. The van der Waals surface area contributed by atoms with Gasteiger partial charge in [-0.05, 0) is 18.2 Å². The zero-order chi connectivity index (χ0) is 19.3. The van der Waals surface area contributed by atoms with E-state index in [1.165, 1.54) is 0 Å². The van der Waals surface area contributed by atoms with Gasteiger partial charge < -0.3 is 28.1 Å². The van der Waals surface area contributed by atoms with E-state index in [0.717, 1.165) is 28.0 Å². The first-order valence-corrected chi connectivity index (χ1v) is 9.10. The average molecular weight is 382 g/mol. The topological polar surface area (TPSA) is 59.3 Å². The molecule has 0 bridgehead atoms. The fourth-order valence-corrected chi connectivity index (χ4v) is 3.10. The molecule has 6 heteroatoms. The normalized spacial score (nSPS) is 12.4. The Morgan fingerprint density at radius 2 is 1.68 bits per heavy atom. The van der Waals surface area contributed by atoms with Crippen molar-refractivity contribution in [2.24, 2.45) is 0 Å². The summed E-state index contributed by atoms with van der Waals surface area (Å²) in [6.45, 7) is 1.56. The Hall–Kier alpha value is -3.28. The minimum Gasteiger partial charge on any atom is -0.496 e. The highest BCUT2D eigenvalue weighted by Crippen LogP contribution is 2.40. The second-order valence-electron chi connectivity index (χ2n) is 6.26. The fourth-order valence-electron chi connectivity index (χ4n) is 3.10. The highest BCUT2D eigenvalue weighted by atomic mass is 16.5. The quantitative estimate of drug-likeness (QED) is 0.526. The van der Waals surface area contributed by atoms with Crippen LogP contribution in [0.25, 0.3) is 17.0 Å². The third kappa shape index (κ3) is 3.71. The lowest BCUT2D eigenvalue weighted by molar-refractivity contribution is 0.246. The number of fused-ring (bicyclic) bond motifs is 2. The van der Waals surface area contributed by atoms with Gasteiger partial charge in [-0.25, -0.2) is 0 Å². The molecule has 3 aromatic rings. The van der Waals surface area contributed by atoms with Gasteiger partial charge in [0.05, 0.1) is 44.6 Å². The molecule has 2 heterocycles. The molecule has 6 nitrogen and oxygen atoms in total. The highest BCUT2D eigenvalue weighted by molar-refractivity contribution is 5.91. The SMILES string of the molecule is COc1cc(OC)cc(OCCCOc2c3c(cc4occc24)OCC=C3)c1. The lowest BCUT2D eigenvalue weighted by Gasteiger charge is -2.17. The van der Waals surface area contributed by atoms with Crippen molar-refractivity contribution < 1.29 is 28.1 Å². The van der Waals surface area contributed by atoms with Crippen molar-refractivity contribution in [3.05, 3.63) is 48.2 Å². The Kier molecular flexibility index (Phi) is 5.28. The molecule has 0 N–H and O–H groups in total. The summed E-state index contributed by atoms with van der Waals surface area (Å²) in [6, 6.07) is 9.27. The molecule has 0 unspecified atom stereocenters. The molecule has 0 fully saturated rings. The Morgan fingerprint density at radius 1 is 0.929 bits per heavy atom. The van der Waals surface area contributed by atoms with Crippen molar-refractivity contribution in [2.75, 3.05) is 34.0 Å². The second kappa shape index (κ2) is 8.17. The Labute approximate surface area is 163 Å². The monoisotopic (exact) mass is 382 g/mol. The summed E-state index contributed by atoms with van der Waals surface area (Å²) < 4.78 is 33.6. The summed E-state index contributed by atoms with van der Waals surface area (Å²) in [6.07, 6.45) is 6.37. The fraction of sp³-hybridized carbons (Fsp3) is 0.273. The maximum atomic E-state index is 6.08. The van der Waals surface area contributed by atoms with Crippen LogP contribution in [0.3, 0.4) is 0 Å². The molecule has 0 radical (unpaired) electrons. The van der Waals surface area contributed by atoms with Gasteiger partial charge in [-0.1, -0.05) is 0 Å². The summed E-state index contributed by atoms with van der Waals surface area (Å²) in [7, 11) is 3.23. The Morgan fingerprint density at radius 3 is 2.46 bits per heavy atom. The molecule has 0 saturated heterocycles. The van der Waals surface area contributed by atoms with Crippen molar-refractivity contribution in [2.45, 2.75) is 6.42 Å². The van der Waals surface area contributed by atoms with Crippen LogP contribution in [-0.2, 0) is 0 Å². The molecule has 1 aromatic heterocycles. The first kappa shape index (κ1) is 18.1. The molecule has 0 amide bonds. The molecule has 146 valence electrons. The van der Waals surface area contributed by atoms with Crippen LogP contribution >= 0.6 is 0 Å². The number of ether oxygens (including phenoxy) is 5. The van der Waals surface area contributed by atoms with E-state index in [-0.39, 0.29) is 0 Å². The van der Waals surface area contributed by atoms with Crippen molar-refractivity contribution in [1.82, 2.24) is 0 Å². The van der Waals surface area contributed by atoms with Gasteiger partial charge in [0, 0.05) is 30.7 Å². The predicted molar refractivity (Wildman–Crippen MR) is 106 cm³/mol. The highest BCUT2D eigenvalue weighted by Gasteiger charge is 2.18. The predicted octanol–water partition coefficient (Wildman–Crippen LogP) is 4.70. The molecule has 1 aliphatic rings. The summed E-state index contributed by atoms with van der Waals surface area (Å²) in [5.41, 5.74) is 1.70. The zero-order valence-electron chi connectivity index (χ0n) is 15.9. The first-order valence-electron chi connectivity index (χ1n) is 9.10. The van der Waals surface area contributed by atoms with Crippen molar-refractivity contribution >= 4 is 17.0 Å². The molecule has 2 aromatic carbocycles. The molecule has 4 rings (SSSR count). The van der Waals surface area contributed by atoms with Crippen LogP contribution in [-0.4, -0.2) is 34.0 Å². The molecular formula is C22H22O6. The third-order valence-electron chi connectivity index (χ3n) is 4.46. The molecule has 0 saturated carbocycles. The number of methoxy groups -OCH3 is 2. The molecule has 0 spiro atoms. The largest absolute Gasteiger partial charge is 0.496 e. The summed E-state index contributed by atoms with van der Waals surface area (Å²) in [5.74, 6) is 3.63. The van der Waals surface area contributed by atoms with Gasteiger partial charge in [0.1, 0.15) is 40.9 Å². The first-order chi connectivity index (χ1) is 13.8. The Bertz CT molecular complexity index is 966. The summed E-state index contributed by atoms with van der Waals surface area (Å²) in [5, 5.41) is 0.937. The van der Waals surface area contributed by atoms with Gasteiger partial charge >= 0.3 is 0 Å². The van der Waals surface area contributed by atoms with Gasteiger partial charge in [-0.2, -0.15) is 0 Å². The van der Waals surface area contributed by atoms with E-state index in [1.807, 2.05) is 36.4 Å². The van der Waals surface area contributed by atoms with Gasteiger partial charge in [-0.15, -0.1) is 0 Å². The number of hydrogen-bond donors (Lipinski definition) is 0. The lowest BCUT2D eigenvalue weighted by Crippen LogP contribution is -2.08. The maximum absolute atomic E-state index is 6.08. The minimum absolute atomic E-state index is 0.506. The molecular weight excluding hydrogens is 360 g/mol. The van der Waals surface area contributed by atoms with Gasteiger partial charge in [0.15, 0.2) is 0 Å². The van der Waals surface area contributed by atoms with Crippen LogP contribution in [0, 0.1) is 0 Å². The summed E-state index contributed by atoms with van der Waals surface area (Å²) in [4.78, 5) is 0. The third-order valence-corrected chi connectivity index (χ3v) is 4.46. The van der Waals surface area contributed by atoms with Crippen LogP contribution in [0.15, 0.2) is 47.1 Å². The van der Waals surface area contributed by atoms with E-state index >= 15 is 0 Å². The second-order valence-corrected chi connectivity index (χ2v) is 6.26. The van der Waals surface area contributed by atoms with E-state index in [1.54, 1.807) is 26.5 Å². The average Bonchev–Trinajstić information content (AvgIpc) is 3.20. The molecule has 1 aliphatic heterocycles. The van der Waals surface area contributed by atoms with Crippen LogP contribution in [0.4, 0.5) is 0 Å².